The Bertz CT molecular complexity index is 527. The van der Waals surface area contributed by atoms with Crippen LogP contribution in [-0.2, 0) is 11.3 Å². The van der Waals surface area contributed by atoms with Crippen LogP contribution in [0.15, 0.2) is 24.3 Å². The van der Waals surface area contributed by atoms with Gasteiger partial charge in [-0.15, -0.1) is 0 Å². The number of likely N-dealkylation sites (N-methyl/N-ethyl adjacent to an activating group) is 1. The number of hydrogen-bond donors (Lipinski definition) is 1. The van der Waals surface area contributed by atoms with Gasteiger partial charge in [0, 0.05) is 19.6 Å². The molecule has 1 aliphatic rings. The van der Waals surface area contributed by atoms with Gasteiger partial charge in [-0.25, -0.2) is 0 Å². The van der Waals surface area contributed by atoms with E-state index in [0.717, 1.165) is 25.1 Å². The first-order chi connectivity index (χ1) is 10.9. The normalized spacial score (nSPS) is 22.2. The molecule has 0 spiro atoms. The Morgan fingerprint density at radius 1 is 1.30 bits per heavy atom. The highest BCUT2D eigenvalue weighted by molar-refractivity contribution is 5.86. The molecule has 4 nitrogen and oxygen atoms in total. The maximum Gasteiger partial charge on any atom is 0.256 e. The third-order valence-electron chi connectivity index (χ3n) is 4.79. The van der Waals surface area contributed by atoms with Crippen LogP contribution in [0.4, 0.5) is 0 Å². The standard InChI is InChI=1S/C19H30N2O2/c1-5-20(4)14-19(23)11-6-12-21(18(19)22)13-16-7-9-17(10-8-16)15(2)3/h7-10,15,23H,5-6,11-14H2,1-4H3/t19-/m1/s1. The Balaban J connectivity index is 2.06. The van der Waals surface area contributed by atoms with Crippen LogP contribution in [0.25, 0.3) is 0 Å². The van der Waals surface area contributed by atoms with Gasteiger partial charge in [0.1, 0.15) is 0 Å². The zero-order valence-electron chi connectivity index (χ0n) is 14.9. The minimum absolute atomic E-state index is 0.128. The monoisotopic (exact) mass is 318 g/mol. The van der Waals surface area contributed by atoms with Crippen molar-refractivity contribution >= 4 is 5.91 Å². The fraction of sp³-hybridized carbons (Fsp3) is 0.632. The first-order valence-electron chi connectivity index (χ1n) is 8.65. The van der Waals surface area contributed by atoms with E-state index in [1.165, 1.54) is 5.56 Å². The number of carbonyl (C=O) groups is 1. The Kier molecular flexibility index (Phi) is 5.82. The second-order valence-corrected chi connectivity index (χ2v) is 7.09. The molecule has 0 radical (unpaired) electrons. The quantitative estimate of drug-likeness (QED) is 0.877. The summed E-state index contributed by atoms with van der Waals surface area (Å²) in [6.07, 6.45) is 1.41. The van der Waals surface area contributed by atoms with E-state index in [4.69, 9.17) is 0 Å². The third-order valence-corrected chi connectivity index (χ3v) is 4.79. The largest absolute Gasteiger partial charge is 0.379 e. The molecule has 1 N–H and O–H groups in total. The van der Waals surface area contributed by atoms with E-state index in [0.29, 0.717) is 25.4 Å². The van der Waals surface area contributed by atoms with Gasteiger partial charge in [0.2, 0.25) is 0 Å². The predicted molar refractivity (Wildman–Crippen MR) is 93.3 cm³/mol. The van der Waals surface area contributed by atoms with Gasteiger partial charge < -0.3 is 14.9 Å². The minimum Gasteiger partial charge on any atom is -0.379 e. The van der Waals surface area contributed by atoms with Crippen molar-refractivity contribution in [3.8, 4) is 0 Å². The predicted octanol–water partition coefficient (Wildman–Crippen LogP) is 2.62. The zero-order chi connectivity index (χ0) is 17.0. The van der Waals surface area contributed by atoms with Gasteiger partial charge in [0.05, 0.1) is 0 Å². The maximum atomic E-state index is 12.7. The van der Waals surface area contributed by atoms with Crippen LogP contribution < -0.4 is 0 Å². The number of amides is 1. The fourth-order valence-electron chi connectivity index (χ4n) is 3.15. The van der Waals surface area contributed by atoms with E-state index in [1.54, 1.807) is 4.90 Å². The molecule has 0 bridgehead atoms. The van der Waals surface area contributed by atoms with Crippen LogP contribution >= 0.6 is 0 Å². The summed E-state index contributed by atoms with van der Waals surface area (Å²) >= 11 is 0. The summed E-state index contributed by atoms with van der Waals surface area (Å²) in [5.74, 6) is 0.382. The lowest BCUT2D eigenvalue weighted by molar-refractivity contribution is -0.159. The van der Waals surface area contributed by atoms with Crippen LogP contribution in [0.1, 0.15) is 50.7 Å². The van der Waals surface area contributed by atoms with E-state index in [1.807, 2.05) is 18.9 Å². The van der Waals surface area contributed by atoms with Crippen molar-refractivity contribution in [2.45, 2.75) is 51.7 Å². The van der Waals surface area contributed by atoms with Crippen LogP contribution in [0.5, 0.6) is 0 Å². The molecule has 1 fully saturated rings. The van der Waals surface area contributed by atoms with Gasteiger partial charge in [-0.3, -0.25) is 4.79 Å². The molecule has 0 aromatic heterocycles. The van der Waals surface area contributed by atoms with Gasteiger partial charge in [-0.1, -0.05) is 45.0 Å². The van der Waals surface area contributed by atoms with Crippen LogP contribution in [0.2, 0.25) is 0 Å². The number of rotatable bonds is 6. The van der Waals surface area contributed by atoms with Crippen molar-refractivity contribution in [2.24, 2.45) is 0 Å². The molecule has 1 aromatic rings. The highest BCUT2D eigenvalue weighted by Crippen LogP contribution is 2.25. The molecule has 1 atom stereocenters. The van der Waals surface area contributed by atoms with Crippen molar-refractivity contribution in [3.63, 3.8) is 0 Å². The molecule has 1 heterocycles. The molecule has 128 valence electrons. The Morgan fingerprint density at radius 2 is 1.96 bits per heavy atom. The molecule has 0 aliphatic carbocycles. The Hall–Kier alpha value is -1.39. The molecule has 1 aliphatic heterocycles. The molecule has 0 unspecified atom stereocenters. The first kappa shape index (κ1) is 18.0. The summed E-state index contributed by atoms with van der Waals surface area (Å²) in [4.78, 5) is 16.5. The van der Waals surface area contributed by atoms with E-state index in [9.17, 15) is 9.90 Å². The van der Waals surface area contributed by atoms with Gasteiger partial charge in [0.25, 0.3) is 5.91 Å². The molecule has 23 heavy (non-hydrogen) atoms. The highest BCUT2D eigenvalue weighted by Gasteiger charge is 2.42. The molecular weight excluding hydrogens is 288 g/mol. The van der Waals surface area contributed by atoms with Gasteiger partial charge >= 0.3 is 0 Å². The highest BCUT2D eigenvalue weighted by atomic mass is 16.3. The number of nitrogens with zero attached hydrogens (tertiary/aromatic N) is 2. The van der Waals surface area contributed by atoms with Crippen LogP contribution in [-0.4, -0.2) is 53.1 Å². The third kappa shape index (κ3) is 4.33. The topological polar surface area (TPSA) is 43.8 Å². The van der Waals surface area contributed by atoms with Crippen molar-refractivity contribution in [2.75, 3.05) is 26.7 Å². The van der Waals surface area contributed by atoms with Crippen molar-refractivity contribution in [1.82, 2.24) is 9.80 Å². The van der Waals surface area contributed by atoms with Crippen LogP contribution in [0.3, 0.4) is 0 Å². The maximum absolute atomic E-state index is 12.7. The Labute approximate surface area is 140 Å². The minimum atomic E-state index is -1.24. The number of hydrogen-bond acceptors (Lipinski definition) is 3. The number of aliphatic hydroxyl groups is 1. The number of benzene rings is 1. The average molecular weight is 318 g/mol. The summed E-state index contributed by atoms with van der Waals surface area (Å²) in [6.45, 7) is 8.92. The summed E-state index contributed by atoms with van der Waals surface area (Å²) in [5, 5.41) is 10.8. The molecule has 4 heteroatoms. The molecular formula is C19H30N2O2. The van der Waals surface area contributed by atoms with E-state index < -0.39 is 5.60 Å². The van der Waals surface area contributed by atoms with Crippen molar-refractivity contribution < 1.29 is 9.90 Å². The lowest BCUT2D eigenvalue weighted by Crippen LogP contribution is -2.57. The van der Waals surface area contributed by atoms with Gasteiger partial charge in [0.15, 0.2) is 5.60 Å². The SMILES string of the molecule is CCN(C)C[C@]1(O)CCCN(Cc2ccc(C(C)C)cc2)C1=O. The smallest absolute Gasteiger partial charge is 0.256 e. The first-order valence-corrected chi connectivity index (χ1v) is 8.65. The molecule has 1 aromatic carbocycles. The lowest BCUT2D eigenvalue weighted by atomic mass is 9.90. The summed E-state index contributed by atoms with van der Waals surface area (Å²) < 4.78 is 0. The number of likely N-dealkylation sites (tertiary alicyclic amines) is 1. The molecule has 1 saturated heterocycles. The summed E-state index contributed by atoms with van der Waals surface area (Å²) in [5.41, 5.74) is 1.19. The zero-order valence-corrected chi connectivity index (χ0v) is 14.9. The average Bonchev–Trinajstić information content (AvgIpc) is 2.52. The van der Waals surface area contributed by atoms with E-state index >= 15 is 0 Å². The van der Waals surface area contributed by atoms with E-state index in [-0.39, 0.29) is 5.91 Å². The van der Waals surface area contributed by atoms with E-state index in [2.05, 4.69) is 38.1 Å². The van der Waals surface area contributed by atoms with Crippen molar-refractivity contribution in [3.05, 3.63) is 35.4 Å². The second kappa shape index (κ2) is 7.45. The van der Waals surface area contributed by atoms with Crippen LogP contribution in [0, 0.1) is 0 Å². The Morgan fingerprint density at radius 3 is 2.52 bits per heavy atom. The van der Waals surface area contributed by atoms with Gasteiger partial charge in [-0.05, 0) is 43.5 Å². The molecule has 0 saturated carbocycles. The van der Waals surface area contributed by atoms with Gasteiger partial charge in [-0.2, -0.15) is 0 Å². The number of carbonyl (C=O) groups excluding carboxylic acids is 1. The molecule has 1 amide bonds. The second-order valence-electron chi connectivity index (χ2n) is 7.09. The lowest BCUT2D eigenvalue weighted by Gasteiger charge is -2.40. The fourth-order valence-corrected chi connectivity index (χ4v) is 3.15. The molecule has 2 rings (SSSR count). The number of piperidine rings is 1. The summed E-state index contributed by atoms with van der Waals surface area (Å²) in [7, 11) is 1.94. The van der Waals surface area contributed by atoms with Crippen molar-refractivity contribution in [1.29, 1.82) is 0 Å². The summed E-state index contributed by atoms with van der Waals surface area (Å²) in [6, 6.07) is 8.44.